The third-order valence-corrected chi connectivity index (χ3v) is 2.89. The number of nitro benzene ring substituents is 1. The number of ether oxygens (including phenoxy) is 1. The van der Waals surface area contributed by atoms with Crippen LogP contribution < -0.4 is 5.43 Å². The number of hydrogen-bond acceptors (Lipinski definition) is 5. The van der Waals surface area contributed by atoms with Gasteiger partial charge in [0.1, 0.15) is 0 Å². The first-order valence-electron chi connectivity index (χ1n) is 6.53. The first-order chi connectivity index (χ1) is 10.1. The number of carbonyl (C=O) groups is 1. The van der Waals surface area contributed by atoms with Crippen molar-refractivity contribution < 1.29 is 14.5 Å². The highest BCUT2D eigenvalue weighted by Gasteiger charge is 2.07. The molecule has 0 aromatic heterocycles. The van der Waals surface area contributed by atoms with Crippen LogP contribution >= 0.6 is 0 Å². The van der Waals surface area contributed by atoms with E-state index >= 15 is 0 Å². The van der Waals surface area contributed by atoms with E-state index in [9.17, 15) is 14.9 Å². The third kappa shape index (κ3) is 4.72. The molecule has 0 atom stereocenters. The van der Waals surface area contributed by atoms with Crippen molar-refractivity contribution in [2.75, 3.05) is 6.61 Å². The lowest BCUT2D eigenvalue weighted by Crippen LogP contribution is -2.22. The standard InChI is InChI=1S/C14H15N3O4/c18-14(10-21-13-3-1-2-4-13)16-15-9-11-5-7-12(8-6-11)17(19)20/h3,5-9H,1-2,4,10H2,(H,16,18). The van der Waals surface area contributed by atoms with Crippen molar-refractivity contribution in [1.29, 1.82) is 0 Å². The topological polar surface area (TPSA) is 93.8 Å². The van der Waals surface area contributed by atoms with Gasteiger partial charge in [0.25, 0.3) is 11.6 Å². The molecule has 0 fully saturated rings. The normalized spacial score (nSPS) is 14.0. The van der Waals surface area contributed by atoms with Gasteiger partial charge in [0.15, 0.2) is 6.61 Å². The summed E-state index contributed by atoms with van der Waals surface area (Å²) in [4.78, 5) is 21.5. The Labute approximate surface area is 121 Å². The van der Waals surface area contributed by atoms with E-state index in [1.54, 1.807) is 12.1 Å². The Morgan fingerprint density at radius 1 is 1.43 bits per heavy atom. The van der Waals surface area contributed by atoms with Gasteiger partial charge in [0.05, 0.1) is 16.9 Å². The molecule has 0 bridgehead atoms. The molecule has 1 aliphatic carbocycles. The van der Waals surface area contributed by atoms with Gasteiger partial charge in [0, 0.05) is 18.6 Å². The number of carbonyl (C=O) groups excluding carboxylic acids is 1. The number of nitrogens with zero attached hydrogens (tertiary/aromatic N) is 2. The number of benzene rings is 1. The van der Waals surface area contributed by atoms with Crippen LogP contribution in [0.2, 0.25) is 0 Å². The maximum atomic E-state index is 11.5. The Morgan fingerprint density at radius 3 is 2.81 bits per heavy atom. The highest BCUT2D eigenvalue weighted by atomic mass is 16.6. The monoisotopic (exact) mass is 289 g/mol. The van der Waals surface area contributed by atoms with Crippen LogP contribution in [0.15, 0.2) is 41.2 Å². The third-order valence-electron chi connectivity index (χ3n) is 2.89. The van der Waals surface area contributed by atoms with E-state index in [0.717, 1.165) is 25.0 Å². The zero-order valence-corrected chi connectivity index (χ0v) is 11.3. The van der Waals surface area contributed by atoms with E-state index in [-0.39, 0.29) is 18.2 Å². The minimum atomic E-state index is -0.474. The summed E-state index contributed by atoms with van der Waals surface area (Å²) in [6.45, 7) is -0.0660. The van der Waals surface area contributed by atoms with Gasteiger partial charge in [-0.2, -0.15) is 5.10 Å². The second-order valence-electron chi connectivity index (χ2n) is 4.49. The van der Waals surface area contributed by atoms with E-state index < -0.39 is 4.92 Å². The minimum absolute atomic E-state index is 0.00873. The molecule has 0 unspecified atom stereocenters. The molecule has 1 N–H and O–H groups in total. The Balaban J connectivity index is 1.76. The average molecular weight is 289 g/mol. The molecule has 2 rings (SSSR count). The van der Waals surface area contributed by atoms with Crippen LogP contribution in [0.3, 0.4) is 0 Å². The van der Waals surface area contributed by atoms with Crippen molar-refractivity contribution >= 4 is 17.8 Å². The Bertz CT molecular complexity index is 578. The quantitative estimate of drug-likeness (QED) is 0.493. The smallest absolute Gasteiger partial charge is 0.277 e. The van der Waals surface area contributed by atoms with Gasteiger partial charge in [0.2, 0.25) is 0 Å². The number of hydrazone groups is 1. The lowest BCUT2D eigenvalue weighted by molar-refractivity contribution is -0.384. The fourth-order valence-corrected chi connectivity index (χ4v) is 1.82. The molecule has 7 heteroatoms. The van der Waals surface area contributed by atoms with Crippen LogP contribution in [-0.4, -0.2) is 23.7 Å². The number of allylic oxidation sites excluding steroid dienone is 2. The first-order valence-corrected chi connectivity index (χ1v) is 6.53. The summed E-state index contributed by atoms with van der Waals surface area (Å²) in [5.74, 6) is 0.505. The molecule has 1 aliphatic rings. The van der Waals surface area contributed by atoms with Gasteiger partial charge in [-0.1, -0.05) is 0 Å². The van der Waals surface area contributed by atoms with Crippen molar-refractivity contribution in [3.05, 3.63) is 51.8 Å². The molecule has 1 aromatic carbocycles. The van der Waals surface area contributed by atoms with E-state index in [2.05, 4.69) is 10.5 Å². The van der Waals surface area contributed by atoms with E-state index in [0.29, 0.717) is 5.56 Å². The van der Waals surface area contributed by atoms with Crippen LogP contribution in [-0.2, 0) is 9.53 Å². The predicted octanol–water partition coefficient (Wildman–Crippen LogP) is 2.13. The Kier molecular flexibility index (Phi) is 5.03. The van der Waals surface area contributed by atoms with Crippen LogP contribution in [0.1, 0.15) is 24.8 Å². The predicted molar refractivity (Wildman–Crippen MR) is 76.7 cm³/mol. The summed E-state index contributed by atoms with van der Waals surface area (Å²) in [7, 11) is 0. The minimum Gasteiger partial charge on any atom is -0.488 e. The van der Waals surface area contributed by atoms with E-state index in [1.807, 2.05) is 6.08 Å². The molecule has 0 radical (unpaired) electrons. The van der Waals surface area contributed by atoms with Crippen LogP contribution in [0.25, 0.3) is 0 Å². The van der Waals surface area contributed by atoms with Gasteiger partial charge in [-0.25, -0.2) is 5.43 Å². The molecule has 0 aliphatic heterocycles. The maximum Gasteiger partial charge on any atom is 0.277 e. The molecule has 0 heterocycles. The molecule has 1 amide bonds. The lowest BCUT2D eigenvalue weighted by Gasteiger charge is -2.04. The first kappa shape index (κ1) is 14.7. The number of rotatable bonds is 6. The number of amides is 1. The summed E-state index contributed by atoms with van der Waals surface area (Å²) >= 11 is 0. The molecule has 0 saturated heterocycles. The van der Waals surface area contributed by atoms with Crippen molar-refractivity contribution in [2.45, 2.75) is 19.3 Å². The second kappa shape index (κ2) is 7.18. The van der Waals surface area contributed by atoms with Crippen molar-refractivity contribution in [3.8, 4) is 0 Å². The molecule has 21 heavy (non-hydrogen) atoms. The molecule has 0 spiro atoms. The van der Waals surface area contributed by atoms with Crippen LogP contribution in [0, 0.1) is 10.1 Å². The Morgan fingerprint density at radius 2 is 2.19 bits per heavy atom. The van der Waals surface area contributed by atoms with Gasteiger partial charge in [-0.15, -0.1) is 0 Å². The number of non-ortho nitro benzene ring substituents is 1. The molecule has 7 nitrogen and oxygen atoms in total. The van der Waals surface area contributed by atoms with Crippen molar-refractivity contribution in [3.63, 3.8) is 0 Å². The number of nitro groups is 1. The molecule has 110 valence electrons. The summed E-state index contributed by atoms with van der Waals surface area (Å²) < 4.78 is 5.31. The van der Waals surface area contributed by atoms with Crippen molar-refractivity contribution in [1.82, 2.24) is 5.43 Å². The molecular weight excluding hydrogens is 274 g/mol. The van der Waals surface area contributed by atoms with E-state index in [4.69, 9.17) is 4.74 Å². The van der Waals surface area contributed by atoms with Gasteiger partial charge < -0.3 is 4.74 Å². The van der Waals surface area contributed by atoms with Gasteiger partial charge in [-0.3, -0.25) is 14.9 Å². The summed E-state index contributed by atoms with van der Waals surface area (Å²) in [5, 5.41) is 14.3. The highest BCUT2D eigenvalue weighted by molar-refractivity contribution is 5.83. The zero-order chi connectivity index (χ0) is 15.1. The number of hydrogen-bond donors (Lipinski definition) is 1. The highest BCUT2D eigenvalue weighted by Crippen LogP contribution is 2.17. The second-order valence-corrected chi connectivity index (χ2v) is 4.49. The fraction of sp³-hybridized carbons (Fsp3) is 0.286. The summed E-state index contributed by atoms with van der Waals surface area (Å²) in [6, 6.07) is 5.85. The molecular formula is C14H15N3O4. The summed E-state index contributed by atoms with van der Waals surface area (Å²) in [5.41, 5.74) is 3.00. The molecule has 0 saturated carbocycles. The van der Waals surface area contributed by atoms with Gasteiger partial charge in [-0.05, 0) is 36.6 Å². The average Bonchev–Trinajstić information content (AvgIpc) is 2.99. The largest absolute Gasteiger partial charge is 0.488 e. The lowest BCUT2D eigenvalue weighted by atomic mass is 10.2. The van der Waals surface area contributed by atoms with Crippen molar-refractivity contribution in [2.24, 2.45) is 5.10 Å². The summed E-state index contributed by atoms with van der Waals surface area (Å²) in [6.07, 6.45) is 6.33. The SMILES string of the molecule is O=C(COC1=CCCC1)NN=Cc1ccc([N+](=O)[O-])cc1. The Hall–Kier alpha value is -2.70. The van der Waals surface area contributed by atoms with Crippen LogP contribution in [0.5, 0.6) is 0 Å². The van der Waals surface area contributed by atoms with Gasteiger partial charge >= 0.3 is 0 Å². The van der Waals surface area contributed by atoms with Crippen LogP contribution in [0.4, 0.5) is 5.69 Å². The fourth-order valence-electron chi connectivity index (χ4n) is 1.82. The molecule has 1 aromatic rings. The maximum absolute atomic E-state index is 11.5. The number of nitrogens with one attached hydrogen (secondary N) is 1. The zero-order valence-electron chi connectivity index (χ0n) is 11.3. The van der Waals surface area contributed by atoms with E-state index in [1.165, 1.54) is 18.3 Å².